The Morgan fingerprint density at radius 1 is 1.35 bits per heavy atom. The molecule has 1 aromatic heterocycles. The Kier molecular flexibility index (Phi) is 5.40. The molecular formula is C14H23ClN4O3S. The van der Waals surface area contributed by atoms with Crippen molar-refractivity contribution in [2.45, 2.75) is 11.3 Å². The van der Waals surface area contributed by atoms with Crippen LogP contribution in [0, 0.1) is 11.8 Å². The summed E-state index contributed by atoms with van der Waals surface area (Å²) in [5, 5.41) is 5.85. The standard InChI is InChI=1S/C14H22N4O3S.ClH/c1-15-14(19)13-5-12(9-17(13)2)22(20,21)18-4-3-10-6-16-7-11(10)8-18;/h5,9-11,16H,3-4,6-8H2,1-2H3,(H,15,19);1H. The highest BCUT2D eigenvalue weighted by molar-refractivity contribution is 7.89. The molecule has 1 aromatic rings. The summed E-state index contributed by atoms with van der Waals surface area (Å²) in [7, 11) is -0.333. The summed E-state index contributed by atoms with van der Waals surface area (Å²) in [6.07, 6.45) is 2.41. The van der Waals surface area contributed by atoms with Crippen molar-refractivity contribution in [2.24, 2.45) is 18.9 Å². The first-order valence-electron chi connectivity index (χ1n) is 7.53. The minimum atomic E-state index is -3.54. The molecule has 9 heteroatoms. The highest BCUT2D eigenvalue weighted by Crippen LogP contribution is 2.30. The minimum Gasteiger partial charge on any atom is -0.354 e. The molecule has 2 fully saturated rings. The lowest BCUT2D eigenvalue weighted by molar-refractivity contribution is 0.0955. The van der Waals surface area contributed by atoms with Gasteiger partial charge in [0.25, 0.3) is 5.91 Å². The molecular weight excluding hydrogens is 340 g/mol. The molecule has 2 aliphatic rings. The Balaban J connectivity index is 0.00000192. The van der Waals surface area contributed by atoms with Gasteiger partial charge >= 0.3 is 0 Å². The third-order valence-electron chi connectivity index (χ3n) is 4.74. The summed E-state index contributed by atoms with van der Waals surface area (Å²) in [4.78, 5) is 11.9. The zero-order valence-corrected chi connectivity index (χ0v) is 14.9. The first-order chi connectivity index (χ1) is 10.4. The van der Waals surface area contributed by atoms with Crippen LogP contribution in [0.3, 0.4) is 0 Å². The van der Waals surface area contributed by atoms with E-state index < -0.39 is 10.0 Å². The van der Waals surface area contributed by atoms with Crippen LogP contribution >= 0.6 is 12.4 Å². The SMILES string of the molecule is CNC(=O)c1cc(S(=O)(=O)N2CCC3CNCC3C2)cn1C.Cl. The van der Waals surface area contributed by atoms with Gasteiger partial charge in [-0.2, -0.15) is 4.31 Å². The molecule has 0 bridgehead atoms. The van der Waals surface area contributed by atoms with Gasteiger partial charge in [0.1, 0.15) is 10.6 Å². The topological polar surface area (TPSA) is 83.4 Å². The molecule has 2 N–H and O–H groups in total. The predicted molar refractivity (Wildman–Crippen MR) is 89.3 cm³/mol. The molecule has 23 heavy (non-hydrogen) atoms. The highest BCUT2D eigenvalue weighted by atomic mass is 35.5. The molecule has 2 aliphatic heterocycles. The lowest BCUT2D eigenvalue weighted by Crippen LogP contribution is -2.43. The number of sulfonamides is 1. The van der Waals surface area contributed by atoms with Crippen molar-refractivity contribution < 1.29 is 13.2 Å². The van der Waals surface area contributed by atoms with Gasteiger partial charge in [-0.3, -0.25) is 4.79 Å². The van der Waals surface area contributed by atoms with E-state index in [1.165, 1.54) is 19.3 Å². The second-order valence-electron chi connectivity index (χ2n) is 6.08. The summed E-state index contributed by atoms with van der Waals surface area (Å²) in [5.41, 5.74) is 0.346. The Labute approximate surface area is 142 Å². The maximum Gasteiger partial charge on any atom is 0.267 e. The molecule has 0 aromatic carbocycles. The average Bonchev–Trinajstić information content (AvgIpc) is 3.12. The number of piperidine rings is 1. The number of nitrogens with zero attached hydrogens (tertiary/aromatic N) is 2. The highest BCUT2D eigenvalue weighted by Gasteiger charge is 2.38. The van der Waals surface area contributed by atoms with Gasteiger partial charge in [-0.25, -0.2) is 8.42 Å². The van der Waals surface area contributed by atoms with E-state index in [0.29, 0.717) is 30.6 Å². The van der Waals surface area contributed by atoms with Crippen LogP contribution in [-0.4, -0.2) is 56.4 Å². The van der Waals surface area contributed by atoms with E-state index in [-0.39, 0.29) is 23.2 Å². The zero-order valence-electron chi connectivity index (χ0n) is 13.3. The van der Waals surface area contributed by atoms with Gasteiger partial charge in [0, 0.05) is 33.4 Å². The number of aryl methyl sites for hydroxylation is 1. The van der Waals surface area contributed by atoms with Crippen LogP contribution in [-0.2, 0) is 17.1 Å². The number of halogens is 1. The van der Waals surface area contributed by atoms with Gasteiger partial charge in [-0.1, -0.05) is 0 Å². The third kappa shape index (κ3) is 3.26. The third-order valence-corrected chi connectivity index (χ3v) is 6.57. The Bertz CT molecular complexity index is 688. The van der Waals surface area contributed by atoms with Crippen LogP contribution in [0.25, 0.3) is 0 Å². The van der Waals surface area contributed by atoms with E-state index in [4.69, 9.17) is 0 Å². The van der Waals surface area contributed by atoms with Crippen LogP contribution in [0.2, 0.25) is 0 Å². The molecule has 2 saturated heterocycles. The van der Waals surface area contributed by atoms with E-state index >= 15 is 0 Å². The lowest BCUT2D eigenvalue weighted by Gasteiger charge is -2.33. The number of carbonyl (C=O) groups is 1. The minimum absolute atomic E-state index is 0. The molecule has 0 saturated carbocycles. The molecule has 0 radical (unpaired) electrons. The largest absolute Gasteiger partial charge is 0.354 e. The molecule has 3 rings (SSSR count). The first kappa shape index (κ1) is 18.3. The average molecular weight is 363 g/mol. The molecule has 1 amide bonds. The number of hydrogen-bond acceptors (Lipinski definition) is 4. The second-order valence-corrected chi connectivity index (χ2v) is 8.02. The predicted octanol–water partition coefficient (Wildman–Crippen LogP) is 0.0365. The summed E-state index contributed by atoms with van der Waals surface area (Å²) >= 11 is 0. The summed E-state index contributed by atoms with van der Waals surface area (Å²) in [5.74, 6) is 0.692. The van der Waals surface area contributed by atoms with Crippen molar-refractivity contribution in [3.05, 3.63) is 18.0 Å². The van der Waals surface area contributed by atoms with Crippen molar-refractivity contribution in [3.8, 4) is 0 Å². The van der Waals surface area contributed by atoms with Crippen molar-refractivity contribution in [1.82, 2.24) is 19.5 Å². The molecule has 130 valence electrons. The van der Waals surface area contributed by atoms with Crippen LogP contribution in [0.5, 0.6) is 0 Å². The van der Waals surface area contributed by atoms with Crippen LogP contribution in [0.15, 0.2) is 17.2 Å². The quantitative estimate of drug-likeness (QED) is 0.795. The summed E-state index contributed by atoms with van der Waals surface area (Å²) in [6.45, 7) is 2.99. The first-order valence-corrected chi connectivity index (χ1v) is 8.97. The van der Waals surface area contributed by atoms with E-state index in [1.54, 1.807) is 15.9 Å². The van der Waals surface area contributed by atoms with Crippen LogP contribution in [0.4, 0.5) is 0 Å². The van der Waals surface area contributed by atoms with Crippen molar-refractivity contribution >= 4 is 28.3 Å². The maximum atomic E-state index is 12.8. The van der Waals surface area contributed by atoms with Crippen molar-refractivity contribution in [2.75, 3.05) is 33.2 Å². The van der Waals surface area contributed by atoms with E-state index in [2.05, 4.69) is 10.6 Å². The Morgan fingerprint density at radius 2 is 2.04 bits per heavy atom. The van der Waals surface area contributed by atoms with E-state index in [9.17, 15) is 13.2 Å². The van der Waals surface area contributed by atoms with Gasteiger partial charge < -0.3 is 15.2 Å². The molecule has 7 nitrogen and oxygen atoms in total. The van der Waals surface area contributed by atoms with Gasteiger partial charge in [0.2, 0.25) is 10.0 Å². The fourth-order valence-electron chi connectivity index (χ4n) is 3.40. The number of aromatic nitrogens is 1. The number of carbonyl (C=O) groups excluding carboxylic acids is 1. The van der Waals surface area contributed by atoms with E-state index in [1.807, 2.05) is 0 Å². The molecule has 2 atom stereocenters. The fraction of sp³-hybridized carbons (Fsp3) is 0.643. The fourth-order valence-corrected chi connectivity index (χ4v) is 4.98. The smallest absolute Gasteiger partial charge is 0.267 e. The molecule has 0 aliphatic carbocycles. The number of amides is 1. The van der Waals surface area contributed by atoms with Crippen molar-refractivity contribution in [1.29, 1.82) is 0 Å². The van der Waals surface area contributed by atoms with Crippen molar-refractivity contribution in [3.63, 3.8) is 0 Å². The molecule has 2 unspecified atom stereocenters. The number of rotatable bonds is 3. The molecule has 0 spiro atoms. The monoisotopic (exact) mass is 362 g/mol. The van der Waals surface area contributed by atoms with Gasteiger partial charge in [0.05, 0.1) is 0 Å². The van der Waals surface area contributed by atoms with Crippen LogP contribution < -0.4 is 10.6 Å². The number of nitrogens with one attached hydrogen (secondary N) is 2. The summed E-state index contributed by atoms with van der Waals surface area (Å²) < 4.78 is 28.7. The summed E-state index contributed by atoms with van der Waals surface area (Å²) in [6, 6.07) is 1.45. The Hall–Kier alpha value is -1.09. The Morgan fingerprint density at radius 3 is 2.74 bits per heavy atom. The maximum absolute atomic E-state index is 12.8. The number of hydrogen-bond donors (Lipinski definition) is 2. The van der Waals surface area contributed by atoms with Crippen LogP contribution in [0.1, 0.15) is 16.9 Å². The number of fused-ring (bicyclic) bond motifs is 1. The van der Waals surface area contributed by atoms with E-state index in [0.717, 1.165) is 19.5 Å². The van der Waals surface area contributed by atoms with Gasteiger partial charge in [-0.15, -0.1) is 12.4 Å². The zero-order chi connectivity index (χ0) is 15.9. The lowest BCUT2D eigenvalue weighted by atomic mass is 9.90. The molecule has 3 heterocycles. The van der Waals surface area contributed by atoms with Gasteiger partial charge in [-0.05, 0) is 37.4 Å². The van der Waals surface area contributed by atoms with Gasteiger partial charge in [0.15, 0.2) is 0 Å². The normalized spacial score (nSPS) is 24.8. The second kappa shape index (κ2) is 6.80.